The first-order valence-corrected chi connectivity index (χ1v) is 5.48. The fraction of sp³-hybridized carbons (Fsp3) is 0.167. The minimum Gasteiger partial charge on any atom is -0.392 e. The number of hydrogen-bond donors (Lipinski definition) is 2. The first kappa shape index (κ1) is 10.6. The molecule has 0 aliphatic carbocycles. The summed E-state index contributed by atoms with van der Waals surface area (Å²) in [6, 6.07) is 9.52. The van der Waals surface area contributed by atoms with E-state index < -0.39 is 0 Å². The Morgan fingerprint density at radius 1 is 0.933 bits per heavy atom. The molecule has 0 atom stereocenters. The Morgan fingerprint density at radius 2 is 1.60 bits per heavy atom. The Labute approximate surface area is 96.3 Å². The van der Waals surface area contributed by atoms with Gasteiger partial charge in [0.05, 0.1) is 13.2 Å². The third-order valence-electron chi connectivity index (χ3n) is 2.50. The van der Waals surface area contributed by atoms with Gasteiger partial charge < -0.3 is 10.2 Å². The first-order chi connectivity index (χ1) is 7.27. The van der Waals surface area contributed by atoms with Gasteiger partial charge in [0.2, 0.25) is 0 Å². The summed E-state index contributed by atoms with van der Waals surface area (Å²) in [5.41, 5.74) is 1.69. The van der Waals surface area contributed by atoms with E-state index >= 15 is 0 Å². The Hall–Kier alpha value is -0.900. The van der Waals surface area contributed by atoms with Crippen LogP contribution in [0.15, 0.2) is 34.8 Å². The molecule has 0 amide bonds. The Kier molecular flexibility index (Phi) is 3.05. The summed E-state index contributed by atoms with van der Waals surface area (Å²) in [6.45, 7) is -0.0262. The maximum absolute atomic E-state index is 9.25. The lowest BCUT2D eigenvalue weighted by molar-refractivity contribution is 0.279. The van der Waals surface area contributed by atoms with Gasteiger partial charge >= 0.3 is 0 Å². The van der Waals surface area contributed by atoms with Crippen molar-refractivity contribution in [2.45, 2.75) is 13.2 Å². The number of fused-ring (bicyclic) bond motifs is 1. The molecule has 0 fully saturated rings. The summed E-state index contributed by atoms with van der Waals surface area (Å²) in [6.07, 6.45) is 0. The molecule has 78 valence electrons. The van der Waals surface area contributed by atoms with E-state index in [1.54, 1.807) is 0 Å². The van der Waals surface area contributed by atoms with Crippen LogP contribution in [0.4, 0.5) is 0 Å². The number of rotatable bonds is 2. The molecule has 0 aliphatic rings. The van der Waals surface area contributed by atoms with E-state index in [4.69, 9.17) is 0 Å². The standard InChI is InChI=1S/C12H11BrO2/c13-11-5-4-9(7-15)12-8(6-14)2-1-3-10(11)12/h1-5,14-15H,6-7H2. The van der Waals surface area contributed by atoms with Gasteiger partial charge in [0, 0.05) is 4.47 Å². The zero-order valence-electron chi connectivity index (χ0n) is 8.07. The van der Waals surface area contributed by atoms with Gasteiger partial charge in [-0.05, 0) is 28.0 Å². The molecule has 0 spiro atoms. The fourth-order valence-electron chi connectivity index (χ4n) is 1.79. The van der Waals surface area contributed by atoms with E-state index in [1.165, 1.54) is 0 Å². The van der Waals surface area contributed by atoms with Gasteiger partial charge in [-0.15, -0.1) is 0 Å². The van der Waals surface area contributed by atoms with Crippen molar-refractivity contribution in [2.24, 2.45) is 0 Å². The molecule has 2 aromatic rings. The summed E-state index contributed by atoms with van der Waals surface area (Å²) in [5, 5.41) is 20.5. The van der Waals surface area contributed by atoms with Gasteiger partial charge in [-0.2, -0.15) is 0 Å². The van der Waals surface area contributed by atoms with E-state index in [0.717, 1.165) is 26.4 Å². The summed E-state index contributed by atoms with van der Waals surface area (Å²) in [4.78, 5) is 0. The lowest BCUT2D eigenvalue weighted by Crippen LogP contribution is -1.92. The molecule has 0 unspecified atom stereocenters. The monoisotopic (exact) mass is 266 g/mol. The summed E-state index contributed by atoms with van der Waals surface area (Å²) in [5.74, 6) is 0. The largest absolute Gasteiger partial charge is 0.392 e. The van der Waals surface area contributed by atoms with Crippen LogP contribution in [0.1, 0.15) is 11.1 Å². The van der Waals surface area contributed by atoms with Gasteiger partial charge in [-0.25, -0.2) is 0 Å². The second kappa shape index (κ2) is 4.31. The zero-order chi connectivity index (χ0) is 10.8. The number of aliphatic hydroxyl groups is 2. The van der Waals surface area contributed by atoms with Gasteiger partial charge in [-0.1, -0.05) is 40.2 Å². The average Bonchev–Trinajstić information content (AvgIpc) is 2.29. The second-order valence-corrected chi connectivity index (χ2v) is 4.22. The van der Waals surface area contributed by atoms with Crippen molar-refractivity contribution in [3.05, 3.63) is 45.9 Å². The molecule has 0 radical (unpaired) electrons. The summed E-state index contributed by atoms with van der Waals surface area (Å²) < 4.78 is 0.977. The minimum absolute atomic E-state index is 0.0131. The predicted octanol–water partition coefficient (Wildman–Crippen LogP) is 2.59. The smallest absolute Gasteiger partial charge is 0.0688 e. The van der Waals surface area contributed by atoms with Crippen molar-refractivity contribution in [3.63, 3.8) is 0 Å². The molecular formula is C12H11BrO2. The Balaban J connectivity index is 2.87. The highest BCUT2D eigenvalue weighted by Gasteiger charge is 2.07. The number of halogens is 1. The van der Waals surface area contributed by atoms with Gasteiger partial charge in [0.25, 0.3) is 0 Å². The fourth-order valence-corrected chi connectivity index (χ4v) is 2.25. The van der Waals surface area contributed by atoms with Crippen LogP contribution in [-0.2, 0) is 13.2 Å². The highest BCUT2D eigenvalue weighted by atomic mass is 79.9. The van der Waals surface area contributed by atoms with Crippen molar-refractivity contribution in [1.29, 1.82) is 0 Å². The summed E-state index contributed by atoms with van der Waals surface area (Å²) >= 11 is 3.46. The molecule has 0 bridgehead atoms. The van der Waals surface area contributed by atoms with Crippen molar-refractivity contribution in [2.75, 3.05) is 0 Å². The highest BCUT2D eigenvalue weighted by Crippen LogP contribution is 2.29. The topological polar surface area (TPSA) is 40.5 Å². The molecule has 15 heavy (non-hydrogen) atoms. The second-order valence-electron chi connectivity index (χ2n) is 3.36. The highest BCUT2D eigenvalue weighted by molar-refractivity contribution is 9.10. The van der Waals surface area contributed by atoms with Crippen LogP contribution in [0.2, 0.25) is 0 Å². The molecule has 2 N–H and O–H groups in total. The van der Waals surface area contributed by atoms with Crippen LogP contribution in [-0.4, -0.2) is 10.2 Å². The number of benzene rings is 2. The molecule has 0 saturated heterocycles. The predicted molar refractivity (Wildman–Crippen MR) is 63.5 cm³/mol. The van der Waals surface area contributed by atoms with E-state index in [1.807, 2.05) is 30.3 Å². The number of hydrogen-bond acceptors (Lipinski definition) is 2. The van der Waals surface area contributed by atoms with Crippen LogP contribution in [0, 0.1) is 0 Å². The molecule has 0 aliphatic heterocycles. The maximum Gasteiger partial charge on any atom is 0.0688 e. The zero-order valence-corrected chi connectivity index (χ0v) is 9.66. The quantitative estimate of drug-likeness (QED) is 0.878. The van der Waals surface area contributed by atoms with Gasteiger partial charge in [0.15, 0.2) is 0 Å². The Morgan fingerprint density at radius 3 is 2.27 bits per heavy atom. The van der Waals surface area contributed by atoms with Gasteiger partial charge in [0.1, 0.15) is 0 Å². The third-order valence-corrected chi connectivity index (χ3v) is 3.19. The molecule has 0 aromatic heterocycles. The molecule has 2 nitrogen and oxygen atoms in total. The maximum atomic E-state index is 9.25. The third kappa shape index (κ3) is 1.78. The van der Waals surface area contributed by atoms with Crippen LogP contribution in [0.3, 0.4) is 0 Å². The van der Waals surface area contributed by atoms with Crippen LogP contribution < -0.4 is 0 Å². The van der Waals surface area contributed by atoms with Crippen LogP contribution in [0.5, 0.6) is 0 Å². The van der Waals surface area contributed by atoms with Gasteiger partial charge in [-0.3, -0.25) is 0 Å². The van der Waals surface area contributed by atoms with Crippen molar-refractivity contribution in [3.8, 4) is 0 Å². The lowest BCUT2D eigenvalue weighted by atomic mass is 10.00. The SMILES string of the molecule is OCc1cccc2c(Br)ccc(CO)c12. The van der Waals surface area contributed by atoms with Crippen molar-refractivity contribution >= 4 is 26.7 Å². The average molecular weight is 267 g/mol. The molecular weight excluding hydrogens is 256 g/mol. The molecule has 3 heteroatoms. The molecule has 0 saturated carbocycles. The van der Waals surface area contributed by atoms with Crippen LogP contribution in [0.25, 0.3) is 10.8 Å². The van der Waals surface area contributed by atoms with E-state index in [2.05, 4.69) is 15.9 Å². The van der Waals surface area contributed by atoms with Crippen LogP contribution >= 0.6 is 15.9 Å². The number of aliphatic hydroxyl groups excluding tert-OH is 2. The summed E-state index contributed by atoms with van der Waals surface area (Å²) in [7, 11) is 0. The van der Waals surface area contributed by atoms with Crippen molar-refractivity contribution < 1.29 is 10.2 Å². The van der Waals surface area contributed by atoms with E-state index in [9.17, 15) is 10.2 Å². The molecule has 0 heterocycles. The lowest BCUT2D eigenvalue weighted by Gasteiger charge is -2.09. The molecule has 2 rings (SSSR count). The van der Waals surface area contributed by atoms with E-state index in [0.29, 0.717) is 0 Å². The van der Waals surface area contributed by atoms with E-state index in [-0.39, 0.29) is 13.2 Å². The minimum atomic E-state index is -0.0131. The molecule has 2 aromatic carbocycles. The first-order valence-electron chi connectivity index (χ1n) is 4.68. The normalized spacial score (nSPS) is 10.9. The Bertz CT molecular complexity index is 484. The van der Waals surface area contributed by atoms with Crippen molar-refractivity contribution in [1.82, 2.24) is 0 Å².